The summed E-state index contributed by atoms with van der Waals surface area (Å²) in [5, 5.41) is 7.28. The van der Waals surface area contributed by atoms with Gasteiger partial charge in [-0.1, -0.05) is 18.2 Å². The second-order valence-corrected chi connectivity index (χ2v) is 8.17. The summed E-state index contributed by atoms with van der Waals surface area (Å²) in [7, 11) is 0. The van der Waals surface area contributed by atoms with Crippen LogP contribution in [0.2, 0.25) is 0 Å². The van der Waals surface area contributed by atoms with Crippen molar-refractivity contribution in [3.05, 3.63) is 76.5 Å². The molecule has 2 heterocycles. The van der Waals surface area contributed by atoms with Crippen molar-refractivity contribution in [3.8, 4) is 0 Å². The average Bonchev–Trinajstić information content (AvgIpc) is 3.35. The number of hydrogen-bond donors (Lipinski definition) is 2. The Balaban J connectivity index is 1.54. The van der Waals surface area contributed by atoms with Gasteiger partial charge in [0.15, 0.2) is 0 Å². The van der Waals surface area contributed by atoms with Crippen LogP contribution in [0.15, 0.2) is 66.0 Å². The highest BCUT2D eigenvalue weighted by Gasteiger charge is 2.38. The van der Waals surface area contributed by atoms with E-state index in [-0.39, 0.29) is 18.9 Å². The second-order valence-electron chi connectivity index (χ2n) is 7.22. The van der Waals surface area contributed by atoms with Gasteiger partial charge in [0, 0.05) is 5.69 Å². The standard InChI is InChI=1S/C24H21N3O5S/c1-2-32-24(31)15-9-11-16(12-10-15)25-21(28)14-19-22(29)26-17-6-3-4-7-18(17)27(19)23(30)20-8-5-13-33-20/h3-13,19H,2,14H2,1H3,(H,25,28)(H,26,29). The van der Waals surface area contributed by atoms with Crippen molar-refractivity contribution in [3.63, 3.8) is 0 Å². The Bertz CT molecular complexity index is 1190. The summed E-state index contributed by atoms with van der Waals surface area (Å²) >= 11 is 1.27. The number of ether oxygens (including phenoxy) is 1. The number of carbonyl (C=O) groups is 4. The second kappa shape index (κ2) is 9.66. The zero-order chi connectivity index (χ0) is 23.4. The third-order valence-corrected chi connectivity index (χ3v) is 5.90. The minimum Gasteiger partial charge on any atom is -0.462 e. The molecule has 4 rings (SSSR count). The van der Waals surface area contributed by atoms with Crippen molar-refractivity contribution in [1.82, 2.24) is 0 Å². The van der Waals surface area contributed by atoms with E-state index >= 15 is 0 Å². The highest BCUT2D eigenvalue weighted by atomic mass is 32.1. The number of nitrogens with zero attached hydrogens (tertiary/aromatic N) is 1. The maximum atomic E-state index is 13.3. The van der Waals surface area contributed by atoms with Crippen LogP contribution in [0.1, 0.15) is 33.4 Å². The van der Waals surface area contributed by atoms with Crippen LogP contribution in [0.3, 0.4) is 0 Å². The summed E-state index contributed by atoms with van der Waals surface area (Å²) in [6.07, 6.45) is -0.239. The van der Waals surface area contributed by atoms with Crippen molar-refractivity contribution in [1.29, 1.82) is 0 Å². The molecule has 1 aromatic heterocycles. The van der Waals surface area contributed by atoms with Crippen LogP contribution in [0, 0.1) is 0 Å². The molecule has 0 radical (unpaired) electrons. The van der Waals surface area contributed by atoms with Gasteiger partial charge in [0.1, 0.15) is 6.04 Å². The fourth-order valence-corrected chi connectivity index (χ4v) is 4.20. The molecule has 0 aliphatic carbocycles. The predicted octanol–water partition coefficient (Wildman–Crippen LogP) is 3.92. The summed E-state index contributed by atoms with van der Waals surface area (Å²) in [5.41, 5.74) is 1.87. The molecule has 0 saturated heterocycles. The quantitative estimate of drug-likeness (QED) is 0.539. The number of carbonyl (C=O) groups excluding carboxylic acids is 4. The topological polar surface area (TPSA) is 105 Å². The molecule has 3 amide bonds. The van der Waals surface area contributed by atoms with Gasteiger partial charge in [-0.05, 0) is 54.8 Å². The Morgan fingerprint density at radius 1 is 1.06 bits per heavy atom. The Hall–Kier alpha value is -3.98. The normalized spacial score (nSPS) is 14.8. The van der Waals surface area contributed by atoms with Gasteiger partial charge < -0.3 is 15.4 Å². The van der Waals surface area contributed by atoms with Crippen LogP contribution in [-0.2, 0) is 14.3 Å². The summed E-state index contributed by atoms with van der Waals surface area (Å²) in [5.74, 6) is -1.67. The Kier molecular flexibility index (Phi) is 6.50. The third-order valence-electron chi connectivity index (χ3n) is 5.05. The molecule has 9 heteroatoms. The van der Waals surface area contributed by atoms with E-state index in [2.05, 4.69) is 10.6 Å². The number of amides is 3. The molecule has 1 unspecified atom stereocenters. The molecule has 1 aliphatic heterocycles. The van der Waals surface area contributed by atoms with Gasteiger partial charge in [0.05, 0.1) is 34.8 Å². The minimum absolute atomic E-state index is 0.239. The molecule has 2 N–H and O–H groups in total. The van der Waals surface area contributed by atoms with E-state index in [1.165, 1.54) is 16.2 Å². The lowest BCUT2D eigenvalue weighted by Gasteiger charge is -2.35. The van der Waals surface area contributed by atoms with E-state index in [1.54, 1.807) is 73.0 Å². The fourth-order valence-electron chi connectivity index (χ4n) is 3.54. The summed E-state index contributed by atoms with van der Waals surface area (Å²) in [4.78, 5) is 52.6. The van der Waals surface area contributed by atoms with Gasteiger partial charge in [0.2, 0.25) is 11.8 Å². The number of esters is 1. The van der Waals surface area contributed by atoms with Gasteiger partial charge >= 0.3 is 5.97 Å². The molecule has 0 bridgehead atoms. The fraction of sp³-hybridized carbons (Fsp3) is 0.167. The Morgan fingerprint density at radius 2 is 1.82 bits per heavy atom. The molecule has 0 spiro atoms. The lowest BCUT2D eigenvalue weighted by atomic mass is 10.0. The first-order valence-corrected chi connectivity index (χ1v) is 11.2. The number of para-hydroxylation sites is 2. The van der Waals surface area contributed by atoms with E-state index in [0.717, 1.165) is 0 Å². The molecular formula is C24H21N3O5S. The van der Waals surface area contributed by atoms with Gasteiger partial charge in [-0.2, -0.15) is 0 Å². The monoisotopic (exact) mass is 463 g/mol. The lowest BCUT2D eigenvalue weighted by molar-refractivity contribution is -0.122. The molecule has 0 saturated carbocycles. The third kappa shape index (κ3) is 4.78. The summed E-state index contributed by atoms with van der Waals surface area (Å²) in [6.45, 7) is 1.99. The van der Waals surface area contributed by atoms with E-state index in [1.807, 2.05) is 0 Å². The highest BCUT2D eigenvalue weighted by molar-refractivity contribution is 7.12. The number of hydrogen-bond acceptors (Lipinski definition) is 6. The van der Waals surface area contributed by atoms with Crippen LogP contribution in [-0.4, -0.2) is 36.3 Å². The number of nitrogens with one attached hydrogen (secondary N) is 2. The van der Waals surface area contributed by atoms with Crippen molar-refractivity contribution in [2.75, 3.05) is 22.1 Å². The van der Waals surface area contributed by atoms with E-state index < -0.39 is 23.8 Å². The molecule has 8 nitrogen and oxygen atoms in total. The number of benzene rings is 2. The van der Waals surface area contributed by atoms with Gasteiger partial charge in [-0.15, -0.1) is 11.3 Å². The summed E-state index contributed by atoms with van der Waals surface area (Å²) in [6, 6.07) is 15.7. The van der Waals surface area contributed by atoms with Crippen molar-refractivity contribution >= 4 is 52.1 Å². The molecule has 3 aromatic rings. The largest absolute Gasteiger partial charge is 0.462 e. The van der Waals surface area contributed by atoms with Crippen LogP contribution in [0.25, 0.3) is 0 Å². The maximum Gasteiger partial charge on any atom is 0.338 e. The zero-order valence-electron chi connectivity index (χ0n) is 17.7. The van der Waals surface area contributed by atoms with Crippen molar-refractivity contribution in [2.24, 2.45) is 0 Å². The molecule has 0 fully saturated rings. The first kappa shape index (κ1) is 22.2. The number of fused-ring (bicyclic) bond motifs is 1. The SMILES string of the molecule is CCOC(=O)c1ccc(NC(=O)CC2C(=O)Nc3ccccc3N2C(=O)c2cccs2)cc1. The Labute approximate surface area is 194 Å². The molecule has 1 atom stereocenters. The van der Waals surface area contributed by atoms with Crippen molar-refractivity contribution < 1.29 is 23.9 Å². The Morgan fingerprint density at radius 3 is 2.52 bits per heavy atom. The predicted molar refractivity (Wildman–Crippen MR) is 126 cm³/mol. The van der Waals surface area contributed by atoms with Crippen LogP contribution in [0.5, 0.6) is 0 Å². The summed E-state index contributed by atoms with van der Waals surface area (Å²) < 4.78 is 4.95. The maximum absolute atomic E-state index is 13.3. The van der Waals surface area contributed by atoms with Gasteiger partial charge in [-0.25, -0.2) is 4.79 Å². The van der Waals surface area contributed by atoms with Gasteiger partial charge in [0.25, 0.3) is 5.91 Å². The van der Waals surface area contributed by atoms with E-state index in [0.29, 0.717) is 27.5 Å². The smallest absolute Gasteiger partial charge is 0.338 e. The average molecular weight is 464 g/mol. The molecule has 1 aliphatic rings. The lowest BCUT2D eigenvalue weighted by Crippen LogP contribution is -2.52. The van der Waals surface area contributed by atoms with Crippen LogP contribution >= 0.6 is 11.3 Å². The first-order chi connectivity index (χ1) is 16.0. The van der Waals surface area contributed by atoms with Gasteiger partial charge in [-0.3, -0.25) is 19.3 Å². The van der Waals surface area contributed by atoms with E-state index in [9.17, 15) is 19.2 Å². The van der Waals surface area contributed by atoms with E-state index in [4.69, 9.17) is 4.74 Å². The van der Waals surface area contributed by atoms with Crippen molar-refractivity contribution in [2.45, 2.75) is 19.4 Å². The first-order valence-electron chi connectivity index (χ1n) is 10.3. The molecule has 33 heavy (non-hydrogen) atoms. The van der Waals surface area contributed by atoms with Crippen LogP contribution < -0.4 is 15.5 Å². The molecule has 2 aromatic carbocycles. The van der Waals surface area contributed by atoms with Crippen LogP contribution in [0.4, 0.5) is 17.1 Å². The molecular weight excluding hydrogens is 442 g/mol. The minimum atomic E-state index is -1.02. The highest BCUT2D eigenvalue weighted by Crippen LogP contribution is 2.34. The number of rotatable bonds is 6. The molecule has 168 valence electrons. The zero-order valence-corrected chi connectivity index (χ0v) is 18.6. The number of thiophene rings is 1. The number of anilines is 3.